The molecule has 31 heavy (non-hydrogen) atoms. The number of carbonyl (C=O) groups is 2. The minimum Gasteiger partial charge on any atom is -0.376 e. The average Bonchev–Trinajstić information content (AvgIpc) is 2.79. The van der Waals surface area contributed by atoms with E-state index >= 15 is 0 Å². The van der Waals surface area contributed by atoms with Gasteiger partial charge in [0.15, 0.2) is 0 Å². The van der Waals surface area contributed by atoms with Gasteiger partial charge in [0.1, 0.15) is 5.82 Å². The first-order valence-electron chi connectivity index (χ1n) is 10.3. The number of anilines is 3. The Hall–Kier alpha value is -3.67. The quantitative estimate of drug-likeness (QED) is 0.467. The van der Waals surface area contributed by atoms with Crippen LogP contribution in [0.1, 0.15) is 35.3 Å². The Morgan fingerprint density at radius 1 is 0.806 bits per heavy atom. The van der Waals surface area contributed by atoms with E-state index in [0.29, 0.717) is 16.9 Å². The van der Waals surface area contributed by atoms with Crippen molar-refractivity contribution in [1.82, 2.24) is 0 Å². The third-order valence-corrected chi connectivity index (χ3v) is 4.98. The summed E-state index contributed by atoms with van der Waals surface area (Å²) >= 11 is 0. The minimum atomic E-state index is -0.373. The summed E-state index contributed by atoms with van der Waals surface area (Å²) < 4.78 is 13.1. The highest BCUT2D eigenvalue weighted by molar-refractivity contribution is 6.08. The Bertz CT molecular complexity index is 1040. The van der Waals surface area contributed by atoms with Crippen LogP contribution in [0.4, 0.5) is 21.5 Å². The van der Waals surface area contributed by atoms with Crippen molar-refractivity contribution in [2.24, 2.45) is 0 Å². The lowest BCUT2D eigenvalue weighted by molar-refractivity contribution is -0.114. The van der Waals surface area contributed by atoms with E-state index in [-0.39, 0.29) is 24.2 Å². The molecule has 0 saturated carbocycles. The Labute approximate surface area is 181 Å². The number of nitrogens with one attached hydrogen (secondary N) is 3. The number of carbonyl (C=O) groups excluding carboxylic acids is 2. The maximum atomic E-state index is 13.1. The zero-order chi connectivity index (χ0) is 22.2. The van der Waals surface area contributed by atoms with Crippen molar-refractivity contribution < 1.29 is 14.0 Å². The van der Waals surface area contributed by atoms with Gasteiger partial charge in [0.05, 0.1) is 12.1 Å². The summed E-state index contributed by atoms with van der Waals surface area (Å²) in [6, 6.07) is 18.5. The highest BCUT2D eigenvalue weighted by Crippen LogP contribution is 2.23. The molecule has 5 nitrogen and oxygen atoms in total. The molecular weight excluding hydrogens is 393 g/mol. The van der Waals surface area contributed by atoms with Crippen LogP contribution in [0, 0.1) is 5.82 Å². The van der Waals surface area contributed by atoms with E-state index in [1.165, 1.54) is 24.3 Å². The molecule has 3 aromatic rings. The molecule has 0 spiro atoms. The second kappa shape index (κ2) is 10.4. The first-order chi connectivity index (χ1) is 15.0. The van der Waals surface area contributed by atoms with Crippen LogP contribution in [-0.4, -0.2) is 18.4 Å². The molecule has 6 heteroatoms. The van der Waals surface area contributed by atoms with Gasteiger partial charge in [-0.15, -0.1) is 0 Å². The van der Waals surface area contributed by atoms with Crippen LogP contribution in [0.5, 0.6) is 0 Å². The van der Waals surface area contributed by atoms with E-state index in [1.807, 2.05) is 18.2 Å². The van der Waals surface area contributed by atoms with E-state index in [2.05, 4.69) is 29.8 Å². The zero-order valence-electron chi connectivity index (χ0n) is 17.7. The van der Waals surface area contributed by atoms with Gasteiger partial charge in [-0.2, -0.15) is 0 Å². The monoisotopic (exact) mass is 419 g/mol. The van der Waals surface area contributed by atoms with Gasteiger partial charge < -0.3 is 16.0 Å². The van der Waals surface area contributed by atoms with E-state index in [4.69, 9.17) is 0 Å². The van der Waals surface area contributed by atoms with Gasteiger partial charge in [-0.05, 0) is 60.4 Å². The van der Waals surface area contributed by atoms with Gasteiger partial charge in [-0.1, -0.05) is 44.2 Å². The SMILES string of the molecule is CCc1cccc(CC)c1NC(=O)CNc1ccccc1C(=O)Nc1ccc(F)cc1. The predicted octanol–water partition coefficient (Wildman–Crippen LogP) is 5.25. The third kappa shape index (κ3) is 5.69. The lowest BCUT2D eigenvalue weighted by atomic mass is 10.0. The number of hydrogen-bond donors (Lipinski definition) is 3. The summed E-state index contributed by atoms with van der Waals surface area (Å²) in [6.07, 6.45) is 1.65. The van der Waals surface area contributed by atoms with Gasteiger partial charge in [-0.3, -0.25) is 9.59 Å². The highest BCUT2D eigenvalue weighted by atomic mass is 19.1. The number of rotatable bonds is 8. The lowest BCUT2D eigenvalue weighted by Crippen LogP contribution is -2.24. The maximum absolute atomic E-state index is 13.1. The van der Waals surface area contributed by atoms with Crippen LogP contribution in [0.15, 0.2) is 66.7 Å². The summed E-state index contributed by atoms with van der Waals surface area (Å²) in [4.78, 5) is 25.3. The minimum absolute atomic E-state index is 0.0159. The molecule has 160 valence electrons. The molecule has 0 heterocycles. The van der Waals surface area contributed by atoms with Crippen LogP contribution < -0.4 is 16.0 Å². The van der Waals surface area contributed by atoms with Crippen LogP contribution in [0.25, 0.3) is 0 Å². The van der Waals surface area contributed by atoms with Crippen molar-refractivity contribution in [3.63, 3.8) is 0 Å². The third-order valence-electron chi connectivity index (χ3n) is 4.98. The van der Waals surface area contributed by atoms with Gasteiger partial charge in [0.25, 0.3) is 5.91 Å². The molecule has 0 unspecified atom stereocenters. The Morgan fingerprint density at radius 2 is 1.45 bits per heavy atom. The van der Waals surface area contributed by atoms with E-state index in [9.17, 15) is 14.0 Å². The van der Waals surface area contributed by atoms with Crippen molar-refractivity contribution in [3.8, 4) is 0 Å². The number of hydrogen-bond acceptors (Lipinski definition) is 3. The molecule has 0 aliphatic rings. The molecule has 3 rings (SSSR count). The number of para-hydroxylation sites is 2. The summed E-state index contributed by atoms with van der Waals surface area (Å²) in [6.45, 7) is 4.12. The zero-order valence-corrected chi connectivity index (χ0v) is 17.7. The van der Waals surface area contributed by atoms with Crippen molar-refractivity contribution in [1.29, 1.82) is 0 Å². The molecular formula is C25H26FN3O2. The fourth-order valence-corrected chi connectivity index (χ4v) is 3.33. The normalized spacial score (nSPS) is 10.4. The molecule has 0 bridgehead atoms. The van der Waals surface area contributed by atoms with Crippen molar-refractivity contribution in [2.45, 2.75) is 26.7 Å². The van der Waals surface area contributed by atoms with Gasteiger partial charge in [0, 0.05) is 17.1 Å². The number of aryl methyl sites for hydroxylation is 2. The fraction of sp³-hybridized carbons (Fsp3) is 0.200. The van der Waals surface area contributed by atoms with Gasteiger partial charge in [-0.25, -0.2) is 4.39 Å². The maximum Gasteiger partial charge on any atom is 0.257 e. The molecule has 0 fully saturated rings. The fourth-order valence-electron chi connectivity index (χ4n) is 3.33. The van der Waals surface area contributed by atoms with E-state index in [0.717, 1.165) is 29.7 Å². The molecule has 3 N–H and O–H groups in total. The number of halogens is 1. The van der Waals surface area contributed by atoms with E-state index in [1.54, 1.807) is 24.3 Å². The second-order valence-electron chi connectivity index (χ2n) is 7.07. The number of benzene rings is 3. The Balaban J connectivity index is 1.68. The number of amides is 2. The second-order valence-corrected chi connectivity index (χ2v) is 7.07. The van der Waals surface area contributed by atoms with E-state index < -0.39 is 0 Å². The van der Waals surface area contributed by atoms with Crippen LogP contribution in [0.3, 0.4) is 0 Å². The van der Waals surface area contributed by atoms with Crippen molar-refractivity contribution in [3.05, 3.63) is 89.2 Å². The molecule has 0 radical (unpaired) electrons. The molecule has 0 aromatic heterocycles. The predicted molar refractivity (Wildman–Crippen MR) is 123 cm³/mol. The summed E-state index contributed by atoms with van der Waals surface area (Å²) in [5.41, 5.74) is 4.46. The van der Waals surface area contributed by atoms with Crippen molar-refractivity contribution >= 4 is 28.9 Å². The first kappa shape index (κ1) is 22.0. The van der Waals surface area contributed by atoms with Gasteiger partial charge in [0.2, 0.25) is 5.91 Å². The average molecular weight is 420 g/mol. The van der Waals surface area contributed by atoms with Crippen LogP contribution in [-0.2, 0) is 17.6 Å². The van der Waals surface area contributed by atoms with Crippen LogP contribution >= 0.6 is 0 Å². The highest BCUT2D eigenvalue weighted by Gasteiger charge is 2.14. The first-order valence-corrected chi connectivity index (χ1v) is 10.3. The summed E-state index contributed by atoms with van der Waals surface area (Å²) in [5.74, 6) is -0.911. The largest absolute Gasteiger partial charge is 0.376 e. The molecule has 0 aliphatic heterocycles. The summed E-state index contributed by atoms with van der Waals surface area (Å²) in [5, 5.41) is 8.80. The molecule has 0 saturated heterocycles. The molecule has 0 aliphatic carbocycles. The van der Waals surface area contributed by atoms with Crippen molar-refractivity contribution in [2.75, 3.05) is 22.5 Å². The summed E-state index contributed by atoms with van der Waals surface area (Å²) in [7, 11) is 0. The van der Waals surface area contributed by atoms with Crippen LogP contribution in [0.2, 0.25) is 0 Å². The standard InChI is InChI=1S/C25H26FN3O2/c1-3-17-8-7-9-18(4-2)24(17)29-23(30)16-27-22-11-6-5-10-21(22)25(31)28-20-14-12-19(26)13-15-20/h5-15,27H,3-4,16H2,1-2H3,(H,28,31)(H,29,30). The Morgan fingerprint density at radius 3 is 2.10 bits per heavy atom. The molecule has 2 amide bonds. The molecule has 3 aromatic carbocycles. The van der Waals surface area contributed by atoms with Gasteiger partial charge >= 0.3 is 0 Å². The topological polar surface area (TPSA) is 70.2 Å². The smallest absolute Gasteiger partial charge is 0.257 e. The molecule has 0 atom stereocenters. The Kier molecular flexibility index (Phi) is 7.38. The lowest BCUT2D eigenvalue weighted by Gasteiger charge is -2.16.